The van der Waals surface area contributed by atoms with E-state index in [1.807, 2.05) is 44.2 Å². The molecule has 5 nitrogen and oxygen atoms in total. The van der Waals surface area contributed by atoms with Gasteiger partial charge in [-0.3, -0.25) is 14.8 Å². The zero-order valence-corrected chi connectivity index (χ0v) is 14.4. The summed E-state index contributed by atoms with van der Waals surface area (Å²) in [5.41, 5.74) is 1.84. The predicted molar refractivity (Wildman–Crippen MR) is 93.1 cm³/mol. The molecule has 2 aromatic rings. The van der Waals surface area contributed by atoms with Gasteiger partial charge >= 0.3 is 0 Å². The number of ether oxygens (including phenoxy) is 1. The summed E-state index contributed by atoms with van der Waals surface area (Å²) in [6.45, 7) is 6.62. The van der Waals surface area contributed by atoms with E-state index >= 15 is 0 Å². The van der Waals surface area contributed by atoms with Crippen molar-refractivity contribution in [1.29, 1.82) is 0 Å². The molecule has 1 fully saturated rings. The van der Waals surface area contributed by atoms with Gasteiger partial charge in [-0.05, 0) is 51.4 Å². The summed E-state index contributed by atoms with van der Waals surface area (Å²) in [5.74, 6) is 1.04. The first kappa shape index (κ1) is 16.7. The molecule has 1 N–H and O–H groups in total. The quantitative estimate of drug-likeness (QED) is 0.827. The van der Waals surface area contributed by atoms with Crippen molar-refractivity contribution in [2.75, 3.05) is 13.1 Å². The molecular weight excluding hydrogens is 302 g/mol. The summed E-state index contributed by atoms with van der Waals surface area (Å²) in [7, 11) is 0. The maximum Gasteiger partial charge on any atom is 0.167 e. The van der Waals surface area contributed by atoms with Crippen molar-refractivity contribution < 1.29 is 9.53 Å². The Bertz CT molecular complexity index is 667. The largest absolute Gasteiger partial charge is 0.491 e. The minimum absolute atomic E-state index is 0.0518. The summed E-state index contributed by atoms with van der Waals surface area (Å²) in [6, 6.07) is 9.55. The number of carbonyl (C=O) groups excluding carboxylic acids is 1. The van der Waals surface area contributed by atoms with Crippen molar-refractivity contribution >= 4 is 5.78 Å². The fraction of sp³-hybridized carbons (Fsp3) is 0.474. The monoisotopic (exact) mass is 327 g/mol. The second-order valence-corrected chi connectivity index (χ2v) is 6.71. The van der Waals surface area contributed by atoms with E-state index in [0.29, 0.717) is 0 Å². The molecule has 24 heavy (non-hydrogen) atoms. The zero-order chi connectivity index (χ0) is 16.9. The third-order valence-corrected chi connectivity index (χ3v) is 4.32. The number of ketones is 1. The zero-order valence-electron chi connectivity index (χ0n) is 14.4. The molecule has 0 saturated carbocycles. The molecule has 0 spiro atoms. The molecule has 1 saturated heterocycles. The molecule has 0 bridgehead atoms. The van der Waals surface area contributed by atoms with Gasteiger partial charge in [0, 0.05) is 36.5 Å². The number of H-pyrrole nitrogens is 1. The van der Waals surface area contributed by atoms with Crippen molar-refractivity contribution in [1.82, 2.24) is 15.1 Å². The Morgan fingerprint density at radius 3 is 3.04 bits per heavy atom. The van der Waals surface area contributed by atoms with Crippen LogP contribution in [0.4, 0.5) is 0 Å². The molecule has 0 amide bonds. The number of nitrogens with one attached hydrogen (secondary N) is 1. The lowest BCUT2D eigenvalue weighted by atomic mass is 9.90. The number of hydrogen-bond acceptors (Lipinski definition) is 4. The van der Waals surface area contributed by atoms with Crippen LogP contribution in [-0.4, -0.2) is 40.1 Å². The van der Waals surface area contributed by atoms with Crippen molar-refractivity contribution in [3.63, 3.8) is 0 Å². The van der Waals surface area contributed by atoms with Gasteiger partial charge in [-0.25, -0.2) is 0 Å². The van der Waals surface area contributed by atoms with E-state index in [1.54, 1.807) is 6.20 Å². The third kappa shape index (κ3) is 4.23. The Morgan fingerprint density at radius 1 is 1.42 bits per heavy atom. The van der Waals surface area contributed by atoms with E-state index < -0.39 is 0 Å². The van der Waals surface area contributed by atoms with Crippen molar-refractivity contribution in [3.8, 4) is 5.75 Å². The molecule has 5 heteroatoms. The van der Waals surface area contributed by atoms with Crippen LogP contribution in [0.5, 0.6) is 5.75 Å². The molecule has 1 aliphatic rings. The van der Waals surface area contributed by atoms with E-state index in [1.165, 1.54) is 0 Å². The van der Waals surface area contributed by atoms with Crippen LogP contribution in [0.25, 0.3) is 0 Å². The summed E-state index contributed by atoms with van der Waals surface area (Å²) in [4.78, 5) is 15.2. The molecule has 1 aromatic carbocycles. The van der Waals surface area contributed by atoms with Crippen LogP contribution in [0.1, 0.15) is 42.7 Å². The molecule has 1 atom stereocenters. The predicted octanol–water partition coefficient (Wildman–Crippen LogP) is 3.29. The van der Waals surface area contributed by atoms with Gasteiger partial charge in [0.05, 0.1) is 6.10 Å². The highest BCUT2D eigenvalue weighted by Gasteiger charge is 2.27. The van der Waals surface area contributed by atoms with Gasteiger partial charge < -0.3 is 4.74 Å². The van der Waals surface area contributed by atoms with Gasteiger partial charge in [0.2, 0.25) is 0 Å². The number of rotatable bonds is 6. The SMILES string of the molecule is CC(C)Oc1cccc(C(=O)C2CCCN(Cc3ccn[nH]3)C2)c1. The maximum atomic E-state index is 12.9. The normalized spacial score (nSPS) is 18.7. The minimum atomic E-state index is 0.0518. The van der Waals surface area contributed by atoms with Crippen molar-refractivity contribution in [3.05, 3.63) is 47.8 Å². The molecule has 1 unspecified atom stereocenters. The highest BCUT2D eigenvalue weighted by Crippen LogP contribution is 2.24. The van der Waals surface area contributed by atoms with E-state index in [0.717, 1.165) is 49.5 Å². The Balaban J connectivity index is 1.65. The molecule has 0 radical (unpaired) electrons. The van der Waals surface area contributed by atoms with E-state index in [-0.39, 0.29) is 17.8 Å². The van der Waals surface area contributed by atoms with Crippen LogP contribution < -0.4 is 4.74 Å². The number of piperidine rings is 1. The molecular formula is C19H25N3O2. The Morgan fingerprint density at radius 2 is 2.29 bits per heavy atom. The van der Waals surface area contributed by atoms with Crippen LogP contribution in [0.2, 0.25) is 0 Å². The maximum absolute atomic E-state index is 12.9. The standard InChI is InChI=1S/C19H25N3O2/c1-14(2)24-18-7-3-5-15(11-18)19(23)16-6-4-10-22(12-16)13-17-8-9-20-21-17/h3,5,7-9,11,14,16H,4,6,10,12-13H2,1-2H3,(H,20,21). The first-order valence-corrected chi connectivity index (χ1v) is 8.63. The highest BCUT2D eigenvalue weighted by molar-refractivity contribution is 5.98. The third-order valence-electron chi connectivity index (χ3n) is 4.32. The van der Waals surface area contributed by atoms with Crippen LogP contribution >= 0.6 is 0 Å². The molecule has 128 valence electrons. The lowest BCUT2D eigenvalue weighted by Crippen LogP contribution is -2.38. The second-order valence-electron chi connectivity index (χ2n) is 6.71. The fourth-order valence-corrected chi connectivity index (χ4v) is 3.26. The number of benzene rings is 1. The number of hydrogen-bond donors (Lipinski definition) is 1. The van der Waals surface area contributed by atoms with Gasteiger partial charge in [0.1, 0.15) is 5.75 Å². The molecule has 1 aromatic heterocycles. The molecule has 0 aliphatic carbocycles. The minimum Gasteiger partial charge on any atom is -0.491 e. The van der Waals surface area contributed by atoms with Gasteiger partial charge in [0.15, 0.2) is 5.78 Å². The number of nitrogens with zero attached hydrogens (tertiary/aromatic N) is 2. The van der Waals surface area contributed by atoms with E-state index in [2.05, 4.69) is 15.1 Å². The van der Waals surface area contributed by atoms with Gasteiger partial charge in [0.25, 0.3) is 0 Å². The van der Waals surface area contributed by atoms with Crippen LogP contribution in [0.3, 0.4) is 0 Å². The number of Topliss-reactive ketones (excluding diaryl/α,β-unsaturated/α-hetero) is 1. The number of carbonyl (C=O) groups is 1. The lowest BCUT2D eigenvalue weighted by molar-refractivity contribution is 0.0809. The van der Waals surface area contributed by atoms with Crippen LogP contribution in [0.15, 0.2) is 36.5 Å². The number of likely N-dealkylation sites (tertiary alicyclic amines) is 1. The molecule has 1 aliphatic heterocycles. The topological polar surface area (TPSA) is 58.2 Å². The lowest BCUT2D eigenvalue weighted by Gasteiger charge is -2.31. The fourth-order valence-electron chi connectivity index (χ4n) is 3.26. The first-order chi connectivity index (χ1) is 11.6. The number of aromatic amines is 1. The van der Waals surface area contributed by atoms with Gasteiger partial charge in [-0.2, -0.15) is 5.10 Å². The average molecular weight is 327 g/mol. The number of aromatic nitrogens is 2. The Labute approximate surface area is 143 Å². The summed E-state index contributed by atoms with van der Waals surface area (Å²) < 4.78 is 5.71. The average Bonchev–Trinajstić information content (AvgIpc) is 3.07. The Kier molecular flexibility index (Phi) is 5.30. The smallest absolute Gasteiger partial charge is 0.167 e. The van der Waals surface area contributed by atoms with E-state index in [4.69, 9.17) is 4.74 Å². The van der Waals surface area contributed by atoms with E-state index in [9.17, 15) is 4.79 Å². The van der Waals surface area contributed by atoms with Crippen LogP contribution in [-0.2, 0) is 6.54 Å². The highest BCUT2D eigenvalue weighted by atomic mass is 16.5. The molecule has 3 rings (SSSR count). The summed E-state index contributed by atoms with van der Waals surface area (Å²) in [5, 5.41) is 6.98. The van der Waals surface area contributed by atoms with Gasteiger partial charge in [-0.1, -0.05) is 12.1 Å². The van der Waals surface area contributed by atoms with Crippen molar-refractivity contribution in [2.45, 2.75) is 39.3 Å². The van der Waals surface area contributed by atoms with Gasteiger partial charge in [-0.15, -0.1) is 0 Å². The summed E-state index contributed by atoms with van der Waals surface area (Å²) >= 11 is 0. The summed E-state index contributed by atoms with van der Waals surface area (Å²) in [6.07, 6.45) is 3.87. The Hall–Kier alpha value is -2.14. The second kappa shape index (κ2) is 7.62. The van der Waals surface area contributed by atoms with Crippen molar-refractivity contribution in [2.24, 2.45) is 5.92 Å². The van der Waals surface area contributed by atoms with Crippen LogP contribution in [0, 0.1) is 5.92 Å². The first-order valence-electron chi connectivity index (χ1n) is 8.63. The molecule has 2 heterocycles.